The van der Waals surface area contributed by atoms with E-state index >= 15 is 0 Å². The van der Waals surface area contributed by atoms with Crippen LogP contribution in [-0.4, -0.2) is 0 Å². The van der Waals surface area contributed by atoms with E-state index in [2.05, 4.69) is 57.2 Å². The van der Waals surface area contributed by atoms with E-state index in [0.717, 1.165) is 28.9 Å². The molecule has 4 aliphatic rings. The highest BCUT2D eigenvalue weighted by atomic mass is 16.3. The van der Waals surface area contributed by atoms with Gasteiger partial charge in [0.25, 0.3) is 0 Å². The molecule has 1 nitrogen and oxygen atoms in total. The lowest BCUT2D eigenvalue weighted by Gasteiger charge is -2.57. The monoisotopic (exact) mass is 358 g/mol. The van der Waals surface area contributed by atoms with Gasteiger partial charge in [0, 0.05) is 16.3 Å². The maximum Gasteiger partial charge on any atom is 0.139 e. The normalized spacial score (nSPS) is 32.6. The Balaban J connectivity index is 1.53. The number of para-hydroxylation sites is 1. The van der Waals surface area contributed by atoms with E-state index in [1.165, 1.54) is 54.9 Å². The first kappa shape index (κ1) is 16.2. The average molecular weight is 359 g/mol. The number of rotatable bonds is 1. The molecule has 4 fully saturated rings. The number of furan rings is 1. The van der Waals surface area contributed by atoms with Gasteiger partial charge in [0.1, 0.15) is 11.2 Å². The van der Waals surface area contributed by atoms with Crippen molar-refractivity contribution in [1.29, 1.82) is 0 Å². The molecule has 140 valence electrons. The molecule has 1 aromatic heterocycles. The predicted molar refractivity (Wildman–Crippen MR) is 112 cm³/mol. The van der Waals surface area contributed by atoms with Gasteiger partial charge in [0.2, 0.25) is 0 Å². The Morgan fingerprint density at radius 2 is 1.52 bits per heavy atom. The lowest BCUT2D eigenvalue weighted by Crippen LogP contribution is -2.48. The number of hydrogen-bond donors (Lipinski definition) is 0. The zero-order valence-corrected chi connectivity index (χ0v) is 16.8. The minimum Gasteiger partial charge on any atom is -0.456 e. The van der Waals surface area contributed by atoms with Crippen molar-refractivity contribution >= 4 is 21.9 Å². The van der Waals surface area contributed by atoms with Gasteiger partial charge in [-0.2, -0.15) is 0 Å². The molecule has 4 aliphatic carbocycles. The Labute approximate surface area is 162 Å². The second kappa shape index (κ2) is 5.19. The van der Waals surface area contributed by atoms with Crippen molar-refractivity contribution in [2.45, 2.75) is 70.1 Å². The van der Waals surface area contributed by atoms with Crippen LogP contribution >= 0.6 is 0 Å². The van der Waals surface area contributed by atoms with Gasteiger partial charge in [-0.15, -0.1) is 0 Å². The predicted octanol–water partition coefficient (Wildman–Crippen LogP) is 7.35. The van der Waals surface area contributed by atoms with Crippen molar-refractivity contribution in [3.8, 4) is 0 Å². The summed E-state index contributed by atoms with van der Waals surface area (Å²) in [7, 11) is 0. The van der Waals surface area contributed by atoms with E-state index in [4.69, 9.17) is 4.42 Å². The fourth-order valence-electron chi connectivity index (χ4n) is 7.18. The second-order valence-electron chi connectivity index (χ2n) is 10.9. The molecule has 7 rings (SSSR count). The van der Waals surface area contributed by atoms with Crippen LogP contribution in [0.15, 0.2) is 40.8 Å². The smallest absolute Gasteiger partial charge is 0.139 e. The zero-order valence-electron chi connectivity index (χ0n) is 16.8. The highest BCUT2D eigenvalue weighted by molar-refractivity contribution is 6.06. The summed E-state index contributed by atoms with van der Waals surface area (Å²) < 4.78 is 6.38. The summed E-state index contributed by atoms with van der Waals surface area (Å²) in [6, 6.07) is 13.8. The van der Waals surface area contributed by atoms with Crippen LogP contribution in [0.4, 0.5) is 0 Å². The first-order chi connectivity index (χ1) is 12.9. The van der Waals surface area contributed by atoms with Crippen molar-refractivity contribution in [2.24, 2.45) is 17.8 Å². The fraction of sp³-hybridized carbons (Fsp3) is 0.538. The highest BCUT2D eigenvalue weighted by Crippen LogP contribution is 2.61. The van der Waals surface area contributed by atoms with Gasteiger partial charge in [-0.3, -0.25) is 0 Å². The molecule has 4 bridgehead atoms. The first-order valence-corrected chi connectivity index (χ1v) is 10.9. The Morgan fingerprint density at radius 3 is 2.15 bits per heavy atom. The molecular formula is C26H30O. The minimum absolute atomic E-state index is 0.0934. The largest absolute Gasteiger partial charge is 0.456 e. The number of benzene rings is 2. The molecule has 1 heteroatoms. The minimum atomic E-state index is 0.0934. The summed E-state index contributed by atoms with van der Waals surface area (Å²) in [6.07, 6.45) is 8.79. The first-order valence-electron chi connectivity index (χ1n) is 10.9. The standard InChI is InChI=1S/C26H30O/c1-25(2,3)22-6-4-5-20-21-12-19(7-8-23(21)27-24(20)22)26-13-16-9-17(14-26)11-18(10-16)15-26/h4-8,12,16-18H,9-11,13-15H2,1-3H3. The molecule has 2 aromatic carbocycles. The van der Waals surface area contributed by atoms with Gasteiger partial charge >= 0.3 is 0 Å². The Bertz CT molecular complexity index is 1010. The van der Waals surface area contributed by atoms with E-state index in [-0.39, 0.29) is 5.41 Å². The molecule has 3 aromatic rings. The summed E-state index contributed by atoms with van der Waals surface area (Å²) in [5, 5.41) is 2.62. The van der Waals surface area contributed by atoms with Crippen LogP contribution in [0.25, 0.3) is 21.9 Å². The fourth-order valence-corrected chi connectivity index (χ4v) is 7.18. The third kappa shape index (κ3) is 2.30. The van der Waals surface area contributed by atoms with Gasteiger partial charge in [0.15, 0.2) is 0 Å². The molecule has 0 spiro atoms. The van der Waals surface area contributed by atoms with Crippen molar-refractivity contribution < 1.29 is 4.42 Å². The molecule has 0 aliphatic heterocycles. The number of fused-ring (bicyclic) bond motifs is 3. The third-order valence-corrected chi connectivity index (χ3v) is 7.96. The van der Waals surface area contributed by atoms with Crippen molar-refractivity contribution in [1.82, 2.24) is 0 Å². The summed E-state index contributed by atoms with van der Waals surface area (Å²) in [5.74, 6) is 2.96. The average Bonchev–Trinajstić information content (AvgIpc) is 2.97. The molecule has 0 atom stereocenters. The SMILES string of the molecule is CC(C)(C)c1cccc2c1oc1ccc(C34CC5CC(CC(C5)C3)C4)cc12. The quantitative estimate of drug-likeness (QED) is 0.443. The van der Waals surface area contributed by atoms with E-state index < -0.39 is 0 Å². The topological polar surface area (TPSA) is 13.1 Å². The van der Waals surface area contributed by atoms with Gasteiger partial charge in [-0.05, 0) is 84.8 Å². The number of hydrogen-bond acceptors (Lipinski definition) is 1. The van der Waals surface area contributed by atoms with Crippen molar-refractivity contribution in [3.63, 3.8) is 0 Å². The van der Waals surface area contributed by atoms with Crippen LogP contribution < -0.4 is 0 Å². The molecule has 0 radical (unpaired) electrons. The van der Waals surface area contributed by atoms with E-state index in [1.807, 2.05) is 0 Å². The summed E-state index contributed by atoms with van der Waals surface area (Å²) in [4.78, 5) is 0. The van der Waals surface area contributed by atoms with Crippen molar-refractivity contribution in [3.05, 3.63) is 47.5 Å². The Kier molecular flexibility index (Phi) is 3.12. The van der Waals surface area contributed by atoms with Gasteiger partial charge < -0.3 is 4.42 Å². The maximum atomic E-state index is 6.38. The third-order valence-electron chi connectivity index (χ3n) is 7.96. The van der Waals surface area contributed by atoms with Crippen LogP contribution in [0.5, 0.6) is 0 Å². The molecule has 27 heavy (non-hydrogen) atoms. The molecule has 0 saturated heterocycles. The van der Waals surface area contributed by atoms with Crippen LogP contribution in [-0.2, 0) is 10.8 Å². The van der Waals surface area contributed by atoms with Crippen molar-refractivity contribution in [2.75, 3.05) is 0 Å². The molecule has 0 N–H and O–H groups in total. The summed E-state index contributed by atoms with van der Waals surface area (Å²) >= 11 is 0. The van der Waals surface area contributed by atoms with E-state index in [1.54, 1.807) is 5.56 Å². The lowest BCUT2D eigenvalue weighted by atomic mass is 9.48. The molecule has 4 saturated carbocycles. The summed E-state index contributed by atoms with van der Waals surface area (Å²) in [5.41, 5.74) is 5.59. The van der Waals surface area contributed by atoms with Crippen LogP contribution in [0, 0.1) is 17.8 Å². The Hall–Kier alpha value is -1.76. The van der Waals surface area contributed by atoms with E-state index in [0.29, 0.717) is 5.41 Å². The summed E-state index contributed by atoms with van der Waals surface area (Å²) in [6.45, 7) is 6.82. The molecule has 0 unspecified atom stereocenters. The second-order valence-corrected chi connectivity index (χ2v) is 10.9. The van der Waals surface area contributed by atoms with Crippen LogP contribution in [0.1, 0.15) is 70.4 Å². The molecular weight excluding hydrogens is 328 g/mol. The molecule has 1 heterocycles. The van der Waals surface area contributed by atoms with Crippen LogP contribution in [0.2, 0.25) is 0 Å². The van der Waals surface area contributed by atoms with Crippen LogP contribution in [0.3, 0.4) is 0 Å². The van der Waals surface area contributed by atoms with Gasteiger partial charge in [-0.25, -0.2) is 0 Å². The molecule has 0 amide bonds. The zero-order chi connectivity index (χ0) is 18.4. The van der Waals surface area contributed by atoms with E-state index in [9.17, 15) is 0 Å². The lowest BCUT2D eigenvalue weighted by molar-refractivity contribution is -0.00512. The maximum absolute atomic E-state index is 6.38. The highest BCUT2D eigenvalue weighted by Gasteiger charge is 2.51. The van der Waals surface area contributed by atoms with Gasteiger partial charge in [-0.1, -0.05) is 45.0 Å². The van der Waals surface area contributed by atoms with Gasteiger partial charge in [0.05, 0.1) is 0 Å². The Morgan fingerprint density at radius 1 is 0.852 bits per heavy atom.